The number of nitrogens with one attached hydrogen (secondary N) is 1. The fourth-order valence-corrected chi connectivity index (χ4v) is 5.49. The second-order valence-electron chi connectivity index (χ2n) is 10.5. The Kier molecular flexibility index (Phi) is 10.8. The highest BCUT2D eigenvalue weighted by Crippen LogP contribution is 2.28. The van der Waals surface area contributed by atoms with Crippen molar-refractivity contribution in [2.75, 3.05) is 25.9 Å². The van der Waals surface area contributed by atoms with Gasteiger partial charge in [-0.25, -0.2) is 18.1 Å². The number of fused-ring (bicyclic) bond motifs is 1. The van der Waals surface area contributed by atoms with Crippen LogP contribution in [-0.2, 0) is 31.0 Å². The van der Waals surface area contributed by atoms with Gasteiger partial charge in [0.05, 0.1) is 31.6 Å². The van der Waals surface area contributed by atoms with Crippen LogP contribution in [0.2, 0.25) is 5.02 Å². The zero-order valence-corrected chi connectivity index (χ0v) is 24.9. The fourth-order valence-electron chi connectivity index (χ4n) is 4.98. The second-order valence-corrected chi connectivity index (χ2v) is 12.7. The number of sulfonamides is 1. The highest BCUT2D eigenvalue weighted by molar-refractivity contribution is 7.88. The molecule has 1 aliphatic rings. The van der Waals surface area contributed by atoms with Crippen molar-refractivity contribution in [2.45, 2.75) is 50.9 Å². The van der Waals surface area contributed by atoms with Gasteiger partial charge in [0.25, 0.3) is 5.89 Å². The average Bonchev–Trinajstić information content (AvgIpc) is 3.59. The van der Waals surface area contributed by atoms with E-state index in [1.807, 2.05) is 12.1 Å². The van der Waals surface area contributed by atoms with Gasteiger partial charge in [0.2, 0.25) is 21.7 Å². The molecule has 0 unspecified atom stereocenters. The third-order valence-electron chi connectivity index (χ3n) is 7.17. The molecular weight excluding hydrogens is 584 g/mol. The number of aromatic nitrogens is 1. The van der Waals surface area contributed by atoms with Gasteiger partial charge in [-0.2, -0.15) is 0 Å². The highest BCUT2D eigenvalue weighted by atomic mass is 35.5. The van der Waals surface area contributed by atoms with E-state index in [4.69, 9.17) is 26.5 Å². The minimum atomic E-state index is -3.63. The molecule has 0 aliphatic carbocycles. The predicted molar refractivity (Wildman–Crippen MR) is 157 cm³/mol. The molecule has 1 aliphatic heterocycles. The lowest BCUT2D eigenvalue weighted by molar-refractivity contribution is -0.137. The van der Waals surface area contributed by atoms with Crippen LogP contribution in [0.4, 0.5) is 0 Å². The van der Waals surface area contributed by atoms with Crippen LogP contribution < -0.4 is 10.5 Å². The zero-order valence-electron chi connectivity index (χ0n) is 23.3. The summed E-state index contributed by atoms with van der Waals surface area (Å²) in [7, 11) is -3.63. The van der Waals surface area contributed by atoms with E-state index >= 15 is 0 Å². The summed E-state index contributed by atoms with van der Waals surface area (Å²) in [5.74, 6) is -2.05. The Bertz CT molecular complexity index is 1480. The fraction of sp³-hybridized carbons (Fsp3) is 0.448. The van der Waals surface area contributed by atoms with E-state index in [2.05, 4.69) is 9.71 Å². The summed E-state index contributed by atoms with van der Waals surface area (Å²) in [6, 6.07) is 13.3. The van der Waals surface area contributed by atoms with Gasteiger partial charge in [-0.1, -0.05) is 42.3 Å². The molecule has 1 amide bonds. The number of nitrogens with zero attached hydrogens (tertiary/aromatic N) is 2. The minimum Gasteiger partial charge on any atom is -0.434 e. The Hall–Kier alpha value is -3.16. The summed E-state index contributed by atoms with van der Waals surface area (Å²) in [4.78, 5) is 46.0. The van der Waals surface area contributed by atoms with Crippen molar-refractivity contribution < 1.29 is 32.0 Å². The van der Waals surface area contributed by atoms with Crippen LogP contribution in [0.5, 0.6) is 0 Å². The third-order valence-corrected chi connectivity index (χ3v) is 8.09. The number of benzene rings is 2. The van der Waals surface area contributed by atoms with Gasteiger partial charge in [-0.3, -0.25) is 14.4 Å². The smallest absolute Gasteiger partial charge is 0.264 e. The first-order chi connectivity index (χ1) is 20.0. The van der Waals surface area contributed by atoms with E-state index in [0.29, 0.717) is 41.9 Å². The lowest BCUT2D eigenvalue weighted by atomic mass is 9.89. The van der Waals surface area contributed by atoms with Gasteiger partial charge >= 0.3 is 0 Å². The molecule has 3 atom stereocenters. The van der Waals surface area contributed by atoms with E-state index in [9.17, 15) is 22.8 Å². The lowest BCUT2D eigenvalue weighted by Gasteiger charge is -2.25. The SMILES string of the molecule is CS(=O)(=O)NCC(=O)N1C[C@H](OCc2ccc(Cl)cc2)C[C@H]1C(=O)C[C@@H](CCCCN)C(=O)c1nc2ccccc2o1. The number of carbonyl (C=O) groups excluding carboxylic acids is 3. The Balaban J connectivity index is 1.50. The van der Waals surface area contributed by atoms with Crippen LogP contribution in [0.3, 0.4) is 0 Å². The van der Waals surface area contributed by atoms with Gasteiger partial charge in [-0.15, -0.1) is 0 Å². The summed E-state index contributed by atoms with van der Waals surface area (Å²) in [6.45, 7) is 0.298. The first-order valence-corrected chi connectivity index (χ1v) is 16.0. The Labute approximate surface area is 249 Å². The number of amides is 1. The molecule has 1 saturated heterocycles. The Morgan fingerprint density at radius 1 is 1.17 bits per heavy atom. The molecule has 1 fully saturated rings. The maximum atomic E-state index is 13.7. The number of rotatable bonds is 15. The topological polar surface area (TPSA) is 162 Å². The summed E-state index contributed by atoms with van der Waals surface area (Å²) < 4.78 is 37.1. The number of hydrogen-bond donors (Lipinski definition) is 2. The maximum absolute atomic E-state index is 13.7. The monoisotopic (exact) mass is 618 g/mol. The highest BCUT2D eigenvalue weighted by Gasteiger charge is 2.41. The minimum absolute atomic E-state index is 0.0670. The summed E-state index contributed by atoms with van der Waals surface area (Å²) in [6.07, 6.45) is 2.25. The molecule has 13 heteroatoms. The zero-order chi connectivity index (χ0) is 30.3. The molecular formula is C29H35ClN4O7S. The standard InChI is InChI=1S/C29H35ClN4O7S/c1-42(38,39)32-16-27(36)34-17-22(40-18-19-9-11-21(30)12-10-19)15-24(34)25(35)14-20(6-4-5-13-31)28(37)29-33-23-7-2-3-8-26(23)41-29/h2-3,7-12,20,22,24,32H,4-6,13-18,31H2,1H3/t20-,22-,24+/m1/s1. The molecule has 226 valence electrons. The van der Waals surface area contributed by atoms with Crippen LogP contribution in [0.25, 0.3) is 11.1 Å². The molecule has 0 spiro atoms. The van der Waals surface area contributed by atoms with Crippen LogP contribution in [0.1, 0.15) is 48.4 Å². The van der Waals surface area contributed by atoms with Crippen molar-refractivity contribution in [1.82, 2.24) is 14.6 Å². The molecule has 11 nitrogen and oxygen atoms in total. The number of ether oxygens (including phenoxy) is 1. The van der Waals surface area contributed by atoms with Gasteiger partial charge in [0.15, 0.2) is 11.4 Å². The number of likely N-dealkylation sites (tertiary alicyclic amines) is 1. The molecule has 42 heavy (non-hydrogen) atoms. The van der Waals surface area contributed by atoms with Crippen molar-refractivity contribution >= 4 is 50.2 Å². The van der Waals surface area contributed by atoms with E-state index in [1.165, 1.54) is 4.90 Å². The summed E-state index contributed by atoms with van der Waals surface area (Å²) in [5, 5.41) is 0.592. The van der Waals surface area contributed by atoms with E-state index < -0.39 is 40.5 Å². The summed E-state index contributed by atoms with van der Waals surface area (Å²) >= 11 is 5.96. The van der Waals surface area contributed by atoms with Gasteiger partial charge in [0, 0.05) is 30.3 Å². The number of halogens is 1. The molecule has 0 saturated carbocycles. The number of hydrogen-bond acceptors (Lipinski definition) is 9. The third kappa shape index (κ3) is 8.68. The molecule has 2 aromatic carbocycles. The first kappa shape index (κ1) is 31.8. The largest absolute Gasteiger partial charge is 0.434 e. The summed E-state index contributed by atoms with van der Waals surface area (Å²) in [5.41, 5.74) is 7.54. The molecule has 0 radical (unpaired) electrons. The van der Waals surface area contributed by atoms with E-state index in [0.717, 1.165) is 11.8 Å². The number of carbonyl (C=O) groups is 3. The quantitative estimate of drug-likeness (QED) is 0.192. The normalized spacial score (nSPS) is 17.9. The Morgan fingerprint density at radius 2 is 1.90 bits per heavy atom. The number of nitrogens with two attached hydrogens (primary N) is 1. The van der Waals surface area contributed by atoms with Crippen LogP contribution in [0.15, 0.2) is 52.9 Å². The van der Waals surface area contributed by atoms with Gasteiger partial charge in [-0.05, 0) is 49.2 Å². The molecule has 2 heterocycles. The van der Waals surface area contributed by atoms with Crippen molar-refractivity contribution in [3.05, 3.63) is 65.0 Å². The number of Topliss-reactive ketones (excluding diaryl/α,β-unsaturated/α-hetero) is 2. The number of oxazole rings is 1. The maximum Gasteiger partial charge on any atom is 0.264 e. The van der Waals surface area contributed by atoms with Crippen LogP contribution >= 0.6 is 11.6 Å². The van der Waals surface area contributed by atoms with Crippen molar-refractivity contribution in [2.24, 2.45) is 11.7 Å². The Morgan fingerprint density at radius 3 is 2.60 bits per heavy atom. The first-order valence-electron chi connectivity index (χ1n) is 13.8. The van der Waals surface area contributed by atoms with Crippen molar-refractivity contribution in [1.29, 1.82) is 0 Å². The van der Waals surface area contributed by atoms with E-state index in [1.54, 1.807) is 36.4 Å². The number of unbranched alkanes of at least 4 members (excludes halogenated alkanes) is 1. The van der Waals surface area contributed by atoms with Crippen molar-refractivity contribution in [3.63, 3.8) is 0 Å². The molecule has 3 aromatic rings. The van der Waals surface area contributed by atoms with Crippen LogP contribution in [-0.4, -0.2) is 73.8 Å². The number of para-hydroxylation sites is 2. The molecule has 3 N–H and O–H groups in total. The predicted octanol–water partition coefficient (Wildman–Crippen LogP) is 3.10. The van der Waals surface area contributed by atoms with Gasteiger partial charge in [0.1, 0.15) is 5.52 Å². The number of ketones is 2. The average molecular weight is 619 g/mol. The van der Waals surface area contributed by atoms with E-state index in [-0.39, 0.29) is 43.5 Å². The molecule has 0 bridgehead atoms. The second kappa shape index (κ2) is 14.3. The lowest BCUT2D eigenvalue weighted by Crippen LogP contribution is -2.46. The van der Waals surface area contributed by atoms with Crippen LogP contribution in [0, 0.1) is 5.92 Å². The molecule has 4 rings (SSSR count). The van der Waals surface area contributed by atoms with Crippen molar-refractivity contribution in [3.8, 4) is 0 Å². The molecule has 1 aromatic heterocycles. The van der Waals surface area contributed by atoms with Gasteiger partial charge < -0.3 is 19.8 Å².